The van der Waals surface area contributed by atoms with Crippen molar-refractivity contribution in [3.63, 3.8) is 0 Å². The van der Waals surface area contributed by atoms with Crippen molar-refractivity contribution in [2.75, 3.05) is 25.5 Å². The molecule has 7 nitrogen and oxygen atoms in total. The Hall–Kier alpha value is -3.16. The lowest BCUT2D eigenvalue weighted by Crippen LogP contribution is -2.43. The summed E-state index contributed by atoms with van der Waals surface area (Å²) in [5.74, 6) is -0.0826. The van der Waals surface area contributed by atoms with E-state index >= 15 is 0 Å². The zero-order valence-electron chi connectivity index (χ0n) is 15.0. The molecule has 1 aromatic heterocycles. The lowest BCUT2D eigenvalue weighted by molar-refractivity contribution is -0.128. The van der Waals surface area contributed by atoms with Gasteiger partial charge < -0.3 is 19.7 Å². The molecule has 0 unspecified atom stereocenters. The summed E-state index contributed by atoms with van der Waals surface area (Å²) in [5.41, 5.74) is 0.701. The number of benzene rings is 1. The van der Waals surface area contributed by atoms with Gasteiger partial charge in [0, 0.05) is 18.3 Å². The van der Waals surface area contributed by atoms with Crippen LogP contribution in [0, 0.1) is 5.82 Å². The van der Waals surface area contributed by atoms with Crippen molar-refractivity contribution >= 4 is 17.5 Å². The smallest absolute Gasteiger partial charge is 0.255 e. The van der Waals surface area contributed by atoms with Crippen molar-refractivity contribution in [3.8, 4) is 11.6 Å². The number of halogens is 1. The predicted octanol–water partition coefficient (Wildman–Crippen LogP) is 2.92. The van der Waals surface area contributed by atoms with Gasteiger partial charge >= 0.3 is 0 Å². The molecule has 1 N–H and O–H groups in total. The standard InChI is InChI=1S/C19H21FN4O3/c1-3-17(25)24-9-5-8-15(12-24)27-18-16(20)11-21-19(23-18)22-13-6-4-7-14(10-13)26-2/h3-4,6-7,10-11,15H,1,5,8-9,12H2,2H3,(H,21,22,23)/t15-/m0/s1. The number of likely N-dealkylation sites (tertiary alicyclic amines) is 1. The zero-order chi connectivity index (χ0) is 19.2. The van der Waals surface area contributed by atoms with Crippen molar-refractivity contribution in [1.29, 1.82) is 0 Å². The number of carbonyl (C=O) groups is 1. The lowest BCUT2D eigenvalue weighted by atomic mass is 10.1. The first-order chi connectivity index (χ1) is 13.1. The minimum atomic E-state index is -0.654. The van der Waals surface area contributed by atoms with E-state index in [-0.39, 0.29) is 23.8 Å². The lowest BCUT2D eigenvalue weighted by Gasteiger charge is -2.32. The van der Waals surface area contributed by atoms with Gasteiger partial charge in [0.15, 0.2) is 0 Å². The van der Waals surface area contributed by atoms with E-state index in [1.54, 1.807) is 18.1 Å². The van der Waals surface area contributed by atoms with Gasteiger partial charge in [-0.3, -0.25) is 4.79 Å². The quantitative estimate of drug-likeness (QED) is 0.786. The van der Waals surface area contributed by atoms with Gasteiger partial charge in [0.05, 0.1) is 19.9 Å². The predicted molar refractivity (Wildman–Crippen MR) is 98.7 cm³/mol. The molecule has 1 amide bonds. The fourth-order valence-electron chi connectivity index (χ4n) is 2.85. The topological polar surface area (TPSA) is 76.6 Å². The Balaban J connectivity index is 1.71. The van der Waals surface area contributed by atoms with Crippen molar-refractivity contribution in [1.82, 2.24) is 14.9 Å². The van der Waals surface area contributed by atoms with Crippen LogP contribution in [0.15, 0.2) is 43.1 Å². The Morgan fingerprint density at radius 2 is 2.33 bits per heavy atom. The van der Waals surface area contributed by atoms with E-state index in [0.29, 0.717) is 30.9 Å². The summed E-state index contributed by atoms with van der Waals surface area (Å²) >= 11 is 0. The van der Waals surface area contributed by atoms with Crippen LogP contribution in [0.3, 0.4) is 0 Å². The Labute approximate surface area is 156 Å². The maximum atomic E-state index is 14.1. The molecule has 27 heavy (non-hydrogen) atoms. The van der Waals surface area contributed by atoms with Gasteiger partial charge in [-0.05, 0) is 31.1 Å². The highest BCUT2D eigenvalue weighted by molar-refractivity contribution is 5.87. The molecule has 1 aromatic carbocycles. The molecule has 8 heteroatoms. The average Bonchev–Trinajstić information content (AvgIpc) is 2.70. The molecule has 142 valence electrons. The maximum Gasteiger partial charge on any atom is 0.255 e. The van der Waals surface area contributed by atoms with Gasteiger partial charge in [0.2, 0.25) is 17.7 Å². The number of carbonyl (C=O) groups excluding carboxylic acids is 1. The fourth-order valence-corrected chi connectivity index (χ4v) is 2.85. The second-order valence-electron chi connectivity index (χ2n) is 6.07. The van der Waals surface area contributed by atoms with Gasteiger partial charge in [-0.15, -0.1) is 0 Å². The first-order valence-corrected chi connectivity index (χ1v) is 8.60. The molecule has 0 aliphatic carbocycles. The number of methoxy groups -OCH3 is 1. The van der Waals surface area contributed by atoms with Crippen LogP contribution in [-0.4, -0.2) is 47.1 Å². The van der Waals surface area contributed by atoms with Crippen LogP contribution in [0.1, 0.15) is 12.8 Å². The Morgan fingerprint density at radius 3 is 3.11 bits per heavy atom. The van der Waals surface area contributed by atoms with E-state index in [9.17, 15) is 9.18 Å². The van der Waals surface area contributed by atoms with Gasteiger partial charge in [-0.2, -0.15) is 9.37 Å². The number of ether oxygens (including phenoxy) is 2. The SMILES string of the molecule is C=CC(=O)N1CCC[C@H](Oc2nc(Nc3cccc(OC)c3)ncc2F)C1. The number of aromatic nitrogens is 2. The number of rotatable bonds is 6. The molecular formula is C19H21FN4O3. The summed E-state index contributed by atoms with van der Waals surface area (Å²) in [4.78, 5) is 21.5. The number of amides is 1. The van der Waals surface area contributed by atoms with Crippen LogP contribution < -0.4 is 14.8 Å². The molecular weight excluding hydrogens is 351 g/mol. The Morgan fingerprint density at radius 1 is 1.48 bits per heavy atom. The second kappa shape index (κ2) is 8.48. The first kappa shape index (κ1) is 18.6. The average molecular weight is 372 g/mol. The summed E-state index contributed by atoms with van der Waals surface area (Å²) in [6.07, 6.45) is 3.47. The van der Waals surface area contributed by atoms with E-state index < -0.39 is 5.82 Å². The molecule has 0 saturated carbocycles. The number of anilines is 2. The molecule has 1 aliphatic rings. The molecule has 1 atom stereocenters. The highest BCUT2D eigenvalue weighted by Crippen LogP contribution is 2.23. The number of piperidine rings is 1. The third-order valence-electron chi connectivity index (χ3n) is 4.18. The summed E-state index contributed by atoms with van der Waals surface area (Å²) in [7, 11) is 1.57. The highest BCUT2D eigenvalue weighted by Gasteiger charge is 2.25. The molecule has 0 bridgehead atoms. The van der Waals surface area contributed by atoms with E-state index in [0.717, 1.165) is 12.6 Å². The number of nitrogens with one attached hydrogen (secondary N) is 1. The molecule has 0 radical (unpaired) electrons. The van der Waals surface area contributed by atoms with E-state index in [4.69, 9.17) is 9.47 Å². The zero-order valence-corrected chi connectivity index (χ0v) is 15.0. The van der Waals surface area contributed by atoms with Crippen molar-refractivity contribution < 1.29 is 18.7 Å². The van der Waals surface area contributed by atoms with Crippen LogP contribution in [0.25, 0.3) is 0 Å². The monoisotopic (exact) mass is 372 g/mol. The summed E-state index contributed by atoms with van der Waals surface area (Å²) in [6.45, 7) is 4.50. The highest BCUT2D eigenvalue weighted by atomic mass is 19.1. The Bertz CT molecular complexity index is 830. The summed E-state index contributed by atoms with van der Waals surface area (Å²) in [5, 5.41) is 2.99. The number of hydrogen-bond donors (Lipinski definition) is 1. The van der Waals surface area contributed by atoms with Crippen molar-refractivity contribution in [3.05, 3.63) is 48.9 Å². The summed E-state index contributed by atoms with van der Waals surface area (Å²) in [6, 6.07) is 7.21. The number of nitrogens with zero attached hydrogens (tertiary/aromatic N) is 3. The maximum absolute atomic E-state index is 14.1. The normalized spacial score (nSPS) is 16.5. The van der Waals surface area contributed by atoms with Crippen molar-refractivity contribution in [2.24, 2.45) is 0 Å². The van der Waals surface area contributed by atoms with Crippen LogP contribution in [0.2, 0.25) is 0 Å². The van der Waals surface area contributed by atoms with Gasteiger partial charge in [0.25, 0.3) is 5.88 Å². The Kier molecular flexibility index (Phi) is 5.85. The first-order valence-electron chi connectivity index (χ1n) is 8.60. The van der Waals surface area contributed by atoms with E-state index in [1.165, 1.54) is 6.08 Å². The molecule has 1 saturated heterocycles. The molecule has 0 spiro atoms. The van der Waals surface area contributed by atoms with Crippen LogP contribution in [-0.2, 0) is 4.79 Å². The molecule has 2 heterocycles. The van der Waals surface area contributed by atoms with Crippen LogP contribution in [0.4, 0.5) is 16.0 Å². The number of hydrogen-bond acceptors (Lipinski definition) is 6. The van der Waals surface area contributed by atoms with Crippen molar-refractivity contribution in [2.45, 2.75) is 18.9 Å². The van der Waals surface area contributed by atoms with Gasteiger partial charge in [-0.1, -0.05) is 12.6 Å². The third kappa shape index (κ3) is 4.72. The van der Waals surface area contributed by atoms with Gasteiger partial charge in [-0.25, -0.2) is 4.98 Å². The molecule has 2 aromatic rings. The fraction of sp³-hybridized carbons (Fsp3) is 0.316. The van der Waals surface area contributed by atoms with E-state index in [1.807, 2.05) is 18.2 Å². The minimum absolute atomic E-state index is 0.145. The molecule has 1 fully saturated rings. The summed E-state index contributed by atoms with van der Waals surface area (Å²) < 4.78 is 25.0. The molecule has 3 rings (SSSR count). The second-order valence-corrected chi connectivity index (χ2v) is 6.07. The molecule has 1 aliphatic heterocycles. The minimum Gasteiger partial charge on any atom is -0.497 e. The third-order valence-corrected chi connectivity index (χ3v) is 4.18. The van der Waals surface area contributed by atoms with Crippen LogP contribution in [0.5, 0.6) is 11.6 Å². The van der Waals surface area contributed by atoms with Crippen LogP contribution >= 0.6 is 0 Å². The largest absolute Gasteiger partial charge is 0.497 e. The van der Waals surface area contributed by atoms with Gasteiger partial charge in [0.1, 0.15) is 11.9 Å². The van der Waals surface area contributed by atoms with E-state index in [2.05, 4.69) is 21.9 Å².